The van der Waals surface area contributed by atoms with Crippen LogP contribution in [0.3, 0.4) is 0 Å². The number of hydrogen-bond donors (Lipinski definition) is 0. The highest BCUT2D eigenvalue weighted by Gasteiger charge is 2.19. The Morgan fingerprint density at radius 1 is 1.50 bits per heavy atom. The fourth-order valence-electron chi connectivity index (χ4n) is 1.72. The number of hydrogen-bond acceptors (Lipinski definition) is 3. The van der Waals surface area contributed by atoms with Crippen LogP contribution in [0.5, 0.6) is 0 Å². The molecule has 0 saturated heterocycles. The van der Waals surface area contributed by atoms with E-state index in [2.05, 4.69) is 14.4 Å². The van der Waals surface area contributed by atoms with Crippen molar-refractivity contribution in [2.45, 2.75) is 39.0 Å². The van der Waals surface area contributed by atoms with Crippen LogP contribution in [0.2, 0.25) is 5.15 Å². The maximum atomic E-state index is 12.0. The molecule has 0 aliphatic carbocycles. The van der Waals surface area contributed by atoms with Crippen LogP contribution in [-0.2, 0) is 17.5 Å². The Morgan fingerprint density at radius 2 is 2.20 bits per heavy atom. The molecule has 0 aliphatic rings. The molecule has 0 radical (unpaired) electrons. The molecule has 0 spiro atoms. The third-order valence-corrected chi connectivity index (χ3v) is 4.38. The van der Waals surface area contributed by atoms with Gasteiger partial charge in [-0.05, 0) is 33.8 Å². The fraction of sp³-hybridized carbons (Fsp3) is 0.462. The molecule has 2 aromatic heterocycles. The van der Waals surface area contributed by atoms with Crippen LogP contribution in [0.25, 0.3) is 11.0 Å². The lowest BCUT2D eigenvalue weighted by Gasteiger charge is -2.12. The second-order valence-corrected chi connectivity index (χ2v) is 7.57. The lowest BCUT2D eigenvalue weighted by atomic mass is 10.3. The summed E-state index contributed by atoms with van der Waals surface area (Å²) in [7, 11) is -1.31. The van der Waals surface area contributed by atoms with Crippen molar-refractivity contribution in [2.75, 3.05) is 0 Å². The van der Waals surface area contributed by atoms with Crippen molar-refractivity contribution in [2.24, 2.45) is 4.40 Å². The molecule has 2 heterocycles. The second kappa shape index (κ2) is 5.61. The van der Waals surface area contributed by atoms with Crippen molar-refractivity contribution in [3.63, 3.8) is 0 Å². The average molecular weight is 313 g/mol. The summed E-state index contributed by atoms with van der Waals surface area (Å²) in [5.41, 5.74) is 1.54. The van der Waals surface area contributed by atoms with Crippen LogP contribution in [-0.4, -0.2) is 29.7 Å². The maximum Gasteiger partial charge on any atom is 0.156 e. The van der Waals surface area contributed by atoms with Gasteiger partial charge in [0, 0.05) is 12.7 Å². The van der Waals surface area contributed by atoms with Gasteiger partial charge in [-0.25, -0.2) is 14.2 Å². The molecule has 0 N–H and O–H groups in total. The van der Waals surface area contributed by atoms with Crippen LogP contribution in [0.4, 0.5) is 0 Å². The van der Waals surface area contributed by atoms with Gasteiger partial charge >= 0.3 is 0 Å². The van der Waals surface area contributed by atoms with Crippen molar-refractivity contribution in [3.05, 3.63) is 23.2 Å². The summed E-state index contributed by atoms with van der Waals surface area (Å²) in [5, 5.41) is 0.362. The summed E-state index contributed by atoms with van der Waals surface area (Å²) in [6.07, 6.45) is 3.19. The van der Waals surface area contributed by atoms with Crippen molar-refractivity contribution >= 4 is 39.8 Å². The topological polar surface area (TPSA) is 60.1 Å². The third-order valence-electron chi connectivity index (χ3n) is 2.76. The molecular weight excluding hydrogens is 296 g/mol. The molecule has 0 saturated carbocycles. The molecular formula is C13H17ClN4OS. The lowest BCUT2D eigenvalue weighted by molar-refractivity contribution is 0.650. The van der Waals surface area contributed by atoms with E-state index in [1.165, 1.54) is 0 Å². The number of aryl methyl sites for hydroxylation is 1. The Hall–Kier alpha value is -1.27. The van der Waals surface area contributed by atoms with Crippen molar-refractivity contribution in [1.82, 2.24) is 14.5 Å². The van der Waals surface area contributed by atoms with Gasteiger partial charge in [-0.15, -0.1) is 0 Å². The van der Waals surface area contributed by atoms with Gasteiger partial charge in [0.25, 0.3) is 0 Å². The number of imidazole rings is 1. The molecule has 0 fully saturated rings. The van der Waals surface area contributed by atoms with Gasteiger partial charge in [0.05, 0.1) is 16.5 Å². The first-order valence-corrected chi connectivity index (χ1v) is 7.80. The quantitative estimate of drug-likeness (QED) is 0.646. The Morgan fingerprint density at radius 3 is 2.80 bits per heavy atom. The molecule has 0 amide bonds. The van der Waals surface area contributed by atoms with Crippen molar-refractivity contribution in [3.8, 4) is 0 Å². The lowest BCUT2D eigenvalue weighted by Crippen LogP contribution is -2.19. The predicted octanol–water partition coefficient (Wildman–Crippen LogP) is 2.99. The van der Waals surface area contributed by atoms with Crippen molar-refractivity contribution < 1.29 is 4.21 Å². The van der Waals surface area contributed by atoms with Crippen LogP contribution in [0.1, 0.15) is 33.5 Å². The maximum absolute atomic E-state index is 12.0. The van der Waals surface area contributed by atoms with E-state index in [4.69, 9.17) is 11.6 Å². The van der Waals surface area contributed by atoms with Gasteiger partial charge in [-0.1, -0.05) is 11.6 Å². The van der Waals surface area contributed by atoms with Crippen LogP contribution in [0, 0.1) is 0 Å². The zero-order chi connectivity index (χ0) is 14.9. The fourth-order valence-corrected chi connectivity index (χ4v) is 2.42. The van der Waals surface area contributed by atoms with E-state index in [1.807, 2.05) is 38.3 Å². The van der Waals surface area contributed by atoms with E-state index < -0.39 is 15.7 Å². The minimum absolute atomic E-state index is 0.362. The van der Waals surface area contributed by atoms with Crippen LogP contribution in [0.15, 0.2) is 16.7 Å². The summed E-state index contributed by atoms with van der Waals surface area (Å²) in [5.74, 6) is 0.634. The minimum Gasteiger partial charge on any atom is -0.323 e. The first-order valence-electron chi connectivity index (χ1n) is 6.31. The first kappa shape index (κ1) is 15.1. The molecule has 2 rings (SSSR count). The van der Waals surface area contributed by atoms with Gasteiger partial charge in [0.2, 0.25) is 0 Å². The van der Waals surface area contributed by atoms with Crippen LogP contribution >= 0.6 is 11.6 Å². The van der Waals surface area contributed by atoms with Gasteiger partial charge in [-0.2, -0.15) is 4.40 Å². The van der Waals surface area contributed by atoms with Gasteiger partial charge in [0.15, 0.2) is 11.0 Å². The van der Waals surface area contributed by atoms with E-state index >= 15 is 0 Å². The highest BCUT2D eigenvalue weighted by molar-refractivity contribution is 7.85. The summed E-state index contributed by atoms with van der Waals surface area (Å²) in [6, 6.07) is 1.86. The molecule has 1 unspecified atom stereocenters. The molecule has 0 aliphatic heterocycles. The predicted molar refractivity (Wildman–Crippen MR) is 83.7 cm³/mol. The molecule has 5 nitrogen and oxygen atoms in total. The summed E-state index contributed by atoms with van der Waals surface area (Å²) >= 11 is 6.04. The third kappa shape index (κ3) is 2.91. The number of halogens is 1. The molecule has 20 heavy (non-hydrogen) atoms. The summed E-state index contributed by atoms with van der Waals surface area (Å²) < 4.78 is 17.6. The highest BCUT2D eigenvalue weighted by atomic mass is 35.5. The van der Waals surface area contributed by atoms with Crippen molar-refractivity contribution in [1.29, 1.82) is 0 Å². The normalized spacial score (nSPS) is 14.2. The smallest absolute Gasteiger partial charge is 0.156 e. The van der Waals surface area contributed by atoms with E-state index in [9.17, 15) is 4.21 Å². The first-order chi connectivity index (χ1) is 9.34. The van der Waals surface area contributed by atoms with Gasteiger partial charge in [-0.3, -0.25) is 0 Å². The Kier molecular flexibility index (Phi) is 4.25. The van der Waals surface area contributed by atoms with E-state index in [0.717, 1.165) is 12.1 Å². The molecule has 1 atom stereocenters. The monoisotopic (exact) mass is 312 g/mol. The van der Waals surface area contributed by atoms with Crippen LogP contribution < -0.4 is 0 Å². The number of nitrogens with zero attached hydrogens (tertiary/aromatic N) is 4. The minimum atomic E-state index is -1.31. The Balaban J connectivity index is 2.48. The zero-order valence-corrected chi connectivity index (χ0v) is 13.5. The highest BCUT2D eigenvalue weighted by Crippen LogP contribution is 2.21. The molecule has 108 valence electrons. The zero-order valence-electron chi connectivity index (χ0n) is 11.9. The SMILES string of the molecule is CCn1c(C=NS(=O)C(C)(C)C)nc2c(Cl)nccc21. The van der Waals surface area contributed by atoms with Gasteiger partial charge in [0.1, 0.15) is 16.5 Å². The summed E-state index contributed by atoms with van der Waals surface area (Å²) in [6.45, 7) is 8.37. The Bertz CT molecular complexity index is 687. The standard InChI is InChI=1S/C13H17ClN4OS/c1-5-18-9-6-7-15-12(14)11(9)17-10(18)8-16-20(19)13(2,3)4/h6-8H,5H2,1-4H3. The number of aromatic nitrogens is 3. The molecule has 2 aromatic rings. The largest absolute Gasteiger partial charge is 0.323 e. The molecule has 0 aromatic carbocycles. The van der Waals surface area contributed by atoms with E-state index in [-0.39, 0.29) is 0 Å². The van der Waals surface area contributed by atoms with E-state index in [1.54, 1.807) is 12.4 Å². The number of pyridine rings is 1. The second-order valence-electron chi connectivity index (χ2n) is 5.28. The van der Waals surface area contributed by atoms with E-state index in [0.29, 0.717) is 16.5 Å². The van der Waals surface area contributed by atoms with Gasteiger partial charge < -0.3 is 4.57 Å². The molecule has 0 bridgehead atoms. The summed E-state index contributed by atoms with van der Waals surface area (Å²) in [4.78, 5) is 8.44. The number of rotatable bonds is 3. The average Bonchev–Trinajstić information content (AvgIpc) is 2.73. The number of fused-ring (bicyclic) bond motifs is 1. The molecule has 7 heteroatoms. The Labute approximate surface area is 125 Å².